The molecule has 2 aromatic carbocycles. The highest BCUT2D eigenvalue weighted by Gasteiger charge is 2.32. The maximum atomic E-state index is 11.1. The summed E-state index contributed by atoms with van der Waals surface area (Å²) in [5, 5.41) is 13.3. The fraction of sp³-hybridized carbons (Fsp3) is 0.179. The number of pyridine rings is 1. The topological polar surface area (TPSA) is 144 Å². The number of aliphatic carboxylic acids is 1. The number of nitrogens with two attached hydrogens (primary N) is 1. The molecule has 1 fully saturated rings. The van der Waals surface area contributed by atoms with Gasteiger partial charge in [0.25, 0.3) is 0 Å². The van der Waals surface area contributed by atoms with Crippen molar-refractivity contribution in [1.29, 1.82) is 0 Å². The number of aromatic nitrogens is 3. The third-order valence-electron chi connectivity index (χ3n) is 5.97. The molecule has 10 nitrogen and oxygen atoms in total. The van der Waals surface area contributed by atoms with Gasteiger partial charge in [-0.25, -0.2) is 14.8 Å². The molecular formula is C28H27ClN6O4. The van der Waals surface area contributed by atoms with Gasteiger partial charge in [-0.05, 0) is 61.4 Å². The van der Waals surface area contributed by atoms with E-state index in [2.05, 4.69) is 26.8 Å². The van der Waals surface area contributed by atoms with Gasteiger partial charge in [-0.1, -0.05) is 24.2 Å². The van der Waals surface area contributed by atoms with Gasteiger partial charge in [0.2, 0.25) is 5.91 Å². The van der Waals surface area contributed by atoms with Gasteiger partial charge in [-0.2, -0.15) is 0 Å². The van der Waals surface area contributed by atoms with Crippen LogP contribution in [0.2, 0.25) is 5.02 Å². The van der Waals surface area contributed by atoms with Gasteiger partial charge in [0.1, 0.15) is 30.5 Å². The molecule has 2 aromatic heterocycles. The Labute approximate surface area is 230 Å². The number of nitrogens with one attached hydrogen (secondary N) is 1. The van der Waals surface area contributed by atoms with Gasteiger partial charge < -0.3 is 25.8 Å². The van der Waals surface area contributed by atoms with Crippen LogP contribution in [0.25, 0.3) is 10.9 Å². The summed E-state index contributed by atoms with van der Waals surface area (Å²) in [6, 6.07) is 14.2. The smallest absolute Gasteiger partial charge is 0.326 e. The molecule has 1 saturated heterocycles. The van der Waals surface area contributed by atoms with Crippen LogP contribution in [0.15, 0.2) is 79.9 Å². The van der Waals surface area contributed by atoms with E-state index in [0.717, 1.165) is 34.7 Å². The predicted octanol–water partition coefficient (Wildman–Crippen LogP) is 4.83. The van der Waals surface area contributed by atoms with Crippen molar-refractivity contribution in [2.24, 2.45) is 0 Å². The Morgan fingerprint density at radius 2 is 2.08 bits per heavy atom. The van der Waals surface area contributed by atoms with Crippen molar-refractivity contribution in [2.45, 2.75) is 25.5 Å². The molecule has 0 unspecified atom stereocenters. The molecule has 0 saturated carbocycles. The largest absolute Gasteiger partial charge is 0.487 e. The molecule has 0 bridgehead atoms. The zero-order valence-electron chi connectivity index (χ0n) is 21.0. The second kappa shape index (κ2) is 12.7. The van der Waals surface area contributed by atoms with Crippen molar-refractivity contribution in [3.63, 3.8) is 0 Å². The van der Waals surface area contributed by atoms with Crippen LogP contribution in [0.5, 0.6) is 5.75 Å². The predicted molar refractivity (Wildman–Crippen MR) is 150 cm³/mol. The quantitative estimate of drug-likeness (QED) is 0.219. The summed E-state index contributed by atoms with van der Waals surface area (Å²) in [7, 11) is 0. The zero-order chi connectivity index (χ0) is 27.8. The molecule has 1 atom stereocenters. The number of fused-ring (bicyclic) bond motifs is 1. The van der Waals surface area contributed by atoms with E-state index >= 15 is 0 Å². The van der Waals surface area contributed by atoms with E-state index in [1.165, 1.54) is 11.2 Å². The van der Waals surface area contributed by atoms with Crippen LogP contribution in [0.3, 0.4) is 0 Å². The second-order valence-corrected chi connectivity index (χ2v) is 9.06. The van der Waals surface area contributed by atoms with Gasteiger partial charge >= 0.3 is 5.97 Å². The molecule has 39 heavy (non-hydrogen) atoms. The van der Waals surface area contributed by atoms with Crippen LogP contribution in [0.1, 0.15) is 18.4 Å². The highest BCUT2D eigenvalue weighted by molar-refractivity contribution is 6.32. The average Bonchev–Trinajstić information content (AvgIpc) is 3.44. The molecule has 0 radical (unpaired) electrons. The number of likely N-dealkylation sites (tertiary alicyclic amines) is 1. The van der Waals surface area contributed by atoms with E-state index in [1.807, 2.05) is 42.5 Å². The molecule has 11 heteroatoms. The number of hydrogen-bond acceptors (Lipinski definition) is 8. The third kappa shape index (κ3) is 6.99. The van der Waals surface area contributed by atoms with Crippen LogP contribution in [0, 0.1) is 0 Å². The number of nitrogens with zero attached hydrogens (tertiary/aromatic N) is 4. The van der Waals surface area contributed by atoms with E-state index in [1.54, 1.807) is 18.5 Å². The van der Waals surface area contributed by atoms with Crippen LogP contribution in [-0.2, 0) is 16.2 Å². The number of benzene rings is 2. The highest BCUT2D eigenvalue weighted by Crippen LogP contribution is 2.31. The number of carboxylic acids is 1. The van der Waals surface area contributed by atoms with Crippen molar-refractivity contribution in [3.05, 3.63) is 90.5 Å². The summed E-state index contributed by atoms with van der Waals surface area (Å²) in [5.41, 5.74) is 9.11. The molecular weight excluding hydrogens is 520 g/mol. The van der Waals surface area contributed by atoms with Crippen LogP contribution < -0.4 is 15.8 Å². The van der Waals surface area contributed by atoms with E-state index in [0.29, 0.717) is 41.8 Å². The minimum atomic E-state index is -0.928. The molecule has 4 N–H and O–H groups in total. The number of carbonyl (C=O) groups excluding carboxylic acids is 1. The second-order valence-electron chi connectivity index (χ2n) is 8.65. The normalized spacial score (nSPS) is 14.3. The van der Waals surface area contributed by atoms with Crippen molar-refractivity contribution < 1.29 is 19.4 Å². The van der Waals surface area contributed by atoms with Crippen molar-refractivity contribution in [1.82, 2.24) is 19.9 Å². The number of ether oxygens (including phenoxy) is 1. The number of nitrogen functional groups attached to an aromatic ring is 1. The lowest BCUT2D eigenvalue weighted by Gasteiger charge is -2.18. The molecule has 0 aliphatic carbocycles. The van der Waals surface area contributed by atoms with Gasteiger partial charge in [-0.3, -0.25) is 9.78 Å². The van der Waals surface area contributed by atoms with Crippen molar-refractivity contribution in [3.8, 4) is 5.75 Å². The highest BCUT2D eigenvalue weighted by atomic mass is 35.5. The summed E-state index contributed by atoms with van der Waals surface area (Å²) in [4.78, 5) is 35.7. The number of anilines is 3. The molecule has 5 rings (SSSR count). The first-order chi connectivity index (χ1) is 18.9. The Kier molecular flexibility index (Phi) is 8.90. The lowest BCUT2D eigenvalue weighted by atomic mass is 10.2. The molecule has 1 amide bonds. The zero-order valence-corrected chi connectivity index (χ0v) is 21.7. The van der Waals surface area contributed by atoms with Crippen molar-refractivity contribution in [2.75, 3.05) is 17.6 Å². The van der Waals surface area contributed by atoms with Gasteiger partial charge in [0, 0.05) is 41.3 Å². The minimum absolute atomic E-state index is 0.292. The number of carbonyl (C=O) groups is 2. The van der Waals surface area contributed by atoms with E-state index in [-0.39, 0.29) is 5.91 Å². The number of hydrogen-bond donors (Lipinski definition) is 3. The average molecular weight is 547 g/mol. The monoisotopic (exact) mass is 546 g/mol. The summed E-state index contributed by atoms with van der Waals surface area (Å²) in [6.07, 6.45) is 7.46. The minimum Gasteiger partial charge on any atom is -0.487 e. The maximum Gasteiger partial charge on any atom is 0.326 e. The first kappa shape index (κ1) is 27.3. The molecule has 4 aromatic rings. The summed E-state index contributed by atoms with van der Waals surface area (Å²) >= 11 is 6.37. The van der Waals surface area contributed by atoms with Gasteiger partial charge in [0.05, 0.1) is 10.5 Å². The maximum absolute atomic E-state index is 11.1. The Balaban J connectivity index is 0.000000247. The van der Waals surface area contributed by atoms with Crippen LogP contribution >= 0.6 is 11.6 Å². The Hall–Kier alpha value is -4.70. The molecule has 1 aliphatic rings. The number of halogens is 1. The number of rotatable bonds is 7. The number of amides is 1. The summed E-state index contributed by atoms with van der Waals surface area (Å²) in [6.45, 7) is 4.24. The summed E-state index contributed by atoms with van der Waals surface area (Å²) in [5.74, 6) is 0.0397. The lowest BCUT2D eigenvalue weighted by Crippen LogP contribution is -2.39. The molecule has 0 spiro atoms. The molecule has 3 heterocycles. The third-order valence-corrected chi connectivity index (χ3v) is 6.26. The fourth-order valence-electron chi connectivity index (χ4n) is 4.06. The Bertz CT molecular complexity index is 1480. The van der Waals surface area contributed by atoms with Crippen LogP contribution in [0.4, 0.5) is 17.2 Å². The van der Waals surface area contributed by atoms with Crippen LogP contribution in [-0.4, -0.2) is 49.4 Å². The molecule has 200 valence electrons. The van der Waals surface area contributed by atoms with E-state index < -0.39 is 12.0 Å². The first-order valence-corrected chi connectivity index (χ1v) is 12.5. The van der Waals surface area contributed by atoms with Crippen molar-refractivity contribution >= 4 is 51.6 Å². The van der Waals surface area contributed by atoms with Gasteiger partial charge in [-0.15, -0.1) is 0 Å². The lowest BCUT2D eigenvalue weighted by molar-refractivity contribution is -0.146. The number of carboxylic acid groups (broad SMARTS) is 1. The SMILES string of the molecule is C=CC(=O)N1CCC[C@H]1C(=O)O.Nc1ccc2ncnc(Nc3ccc(OCc4cccnc4)c(Cl)c3)c2c1. The standard InChI is InChI=1S/C20H16ClN5O.C8H11NO3/c21-17-9-15(4-6-19(17)27-11-13-2-1-7-23-10-13)26-20-16-8-14(22)3-5-18(16)24-12-25-20;1-2-7(10)9-5-3-4-6(9)8(11)12/h1-10,12H,11,22H2,(H,24,25,26);2,6H,1,3-5H2,(H,11,12)/t;6-/m.0/s1. The Morgan fingerprint density at radius 3 is 2.79 bits per heavy atom. The van der Waals surface area contributed by atoms with Gasteiger partial charge in [0.15, 0.2) is 0 Å². The van der Waals surface area contributed by atoms with E-state index in [9.17, 15) is 9.59 Å². The Morgan fingerprint density at radius 1 is 1.23 bits per heavy atom. The fourth-order valence-corrected chi connectivity index (χ4v) is 4.29. The summed E-state index contributed by atoms with van der Waals surface area (Å²) < 4.78 is 5.77. The first-order valence-electron chi connectivity index (χ1n) is 12.1. The molecule has 1 aliphatic heterocycles. The van der Waals surface area contributed by atoms with E-state index in [4.69, 9.17) is 27.2 Å².